The fourth-order valence-corrected chi connectivity index (χ4v) is 3.72. The molecule has 0 radical (unpaired) electrons. The van der Waals surface area contributed by atoms with Gasteiger partial charge in [-0.05, 0) is 17.0 Å². The molecule has 1 saturated heterocycles. The highest BCUT2D eigenvalue weighted by atomic mass is 16.5. The second-order valence-corrected chi connectivity index (χ2v) is 6.94. The summed E-state index contributed by atoms with van der Waals surface area (Å²) in [6, 6.07) is 14.1. The van der Waals surface area contributed by atoms with E-state index in [4.69, 9.17) is 4.74 Å². The summed E-state index contributed by atoms with van der Waals surface area (Å²) in [5.74, 6) is 0.998. The second kappa shape index (κ2) is 7.80. The van der Waals surface area contributed by atoms with Crippen molar-refractivity contribution in [1.29, 1.82) is 0 Å². The number of rotatable bonds is 6. The Morgan fingerprint density at radius 1 is 1.26 bits per heavy atom. The monoisotopic (exact) mass is 364 g/mol. The quantitative estimate of drug-likeness (QED) is 0.657. The van der Waals surface area contributed by atoms with Gasteiger partial charge in [-0.25, -0.2) is 0 Å². The maximum absolute atomic E-state index is 12.6. The summed E-state index contributed by atoms with van der Waals surface area (Å²) in [4.78, 5) is 12.6. The zero-order valence-corrected chi connectivity index (χ0v) is 15.4. The lowest BCUT2D eigenvalue weighted by atomic mass is 9.90. The lowest BCUT2D eigenvalue weighted by molar-refractivity contribution is -0.124. The molecule has 27 heavy (non-hydrogen) atoms. The highest BCUT2D eigenvalue weighted by Crippen LogP contribution is 2.28. The average Bonchev–Trinajstić information content (AvgIpc) is 3.34. The van der Waals surface area contributed by atoms with Crippen molar-refractivity contribution in [1.82, 2.24) is 20.4 Å². The van der Waals surface area contributed by atoms with Crippen LogP contribution in [0.2, 0.25) is 0 Å². The minimum atomic E-state index is -0.0771. The van der Waals surface area contributed by atoms with Crippen LogP contribution in [0, 0.1) is 5.92 Å². The van der Waals surface area contributed by atoms with Crippen molar-refractivity contribution in [3.8, 4) is 5.75 Å². The largest absolute Gasteiger partial charge is 0.491 e. The summed E-state index contributed by atoms with van der Waals surface area (Å²) in [5, 5.41) is 12.8. The number of hydrogen-bond donors (Lipinski definition) is 2. The lowest BCUT2D eigenvalue weighted by Crippen LogP contribution is -2.36. The molecule has 2 aromatic carbocycles. The van der Waals surface area contributed by atoms with E-state index < -0.39 is 0 Å². The normalized spacial score (nSPS) is 19.3. The van der Waals surface area contributed by atoms with Crippen LogP contribution in [-0.4, -0.2) is 41.9 Å². The number of hydrogen-bond acceptors (Lipinski definition) is 4. The number of aromatic nitrogens is 2. The molecule has 6 heteroatoms. The number of benzene rings is 2. The molecule has 1 fully saturated rings. The molecule has 0 aliphatic carbocycles. The SMILES string of the molecule is Cn1cc([C@H]2CNC[C@@H]2C(=O)NCCOc2cccc3ccccc23)cn1. The van der Waals surface area contributed by atoms with Gasteiger partial charge in [0.15, 0.2) is 0 Å². The molecule has 2 N–H and O–H groups in total. The Balaban J connectivity index is 1.31. The van der Waals surface area contributed by atoms with Crippen LogP contribution >= 0.6 is 0 Å². The van der Waals surface area contributed by atoms with E-state index in [1.54, 1.807) is 4.68 Å². The fourth-order valence-electron chi connectivity index (χ4n) is 3.72. The van der Waals surface area contributed by atoms with Crippen molar-refractivity contribution < 1.29 is 9.53 Å². The highest BCUT2D eigenvalue weighted by Gasteiger charge is 2.34. The number of ether oxygens (including phenoxy) is 1. The number of carbonyl (C=O) groups excluding carboxylic acids is 1. The zero-order valence-electron chi connectivity index (χ0n) is 15.4. The average molecular weight is 364 g/mol. The number of fused-ring (bicyclic) bond motifs is 1. The molecule has 1 amide bonds. The molecule has 4 rings (SSSR count). The van der Waals surface area contributed by atoms with Gasteiger partial charge in [0.1, 0.15) is 12.4 Å². The topological polar surface area (TPSA) is 68.2 Å². The molecule has 0 bridgehead atoms. The smallest absolute Gasteiger partial charge is 0.225 e. The molecular weight excluding hydrogens is 340 g/mol. The van der Waals surface area contributed by atoms with Crippen LogP contribution < -0.4 is 15.4 Å². The van der Waals surface area contributed by atoms with Crippen LogP contribution in [0.3, 0.4) is 0 Å². The van der Waals surface area contributed by atoms with Crippen molar-refractivity contribution in [2.45, 2.75) is 5.92 Å². The minimum absolute atomic E-state index is 0.0652. The van der Waals surface area contributed by atoms with Crippen molar-refractivity contribution in [3.63, 3.8) is 0 Å². The van der Waals surface area contributed by atoms with E-state index in [-0.39, 0.29) is 17.7 Å². The Hall–Kier alpha value is -2.86. The minimum Gasteiger partial charge on any atom is -0.491 e. The van der Waals surface area contributed by atoms with Gasteiger partial charge in [-0.3, -0.25) is 9.48 Å². The summed E-state index contributed by atoms with van der Waals surface area (Å²) >= 11 is 0. The van der Waals surface area contributed by atoms with Crippen molar-refractivity contribution >= 4 is 16.7 Å². The zero-order chi connectivity index (χ0) is 18.6. The molecule has 0 spiro atoms. The standard InChI is InChI=1S/C21H24N4O2/c1-25-14-16(11-24-25)18-12-22-13-19(18)21(26)23-9-10-27-20-8-4-6-15-5-2-3-7-17(15)20/h2-8,11,14,18-19,22H,9-10,12-13H2,1H3,(H,23,26)/t18-,19+/m1/s1. The third-order valence-electron chi connectivity index (χ3n) is 5.11. The van der Waals surface area contributed by atoms with Crippen LogP contribution in [-0.2, 0) is 11.8 Å². The van der Waals surface area contributed by atoms with E-state index in [9.17, 15) is 4.79 Å². The second-order valence-electron chi connectivity index (χ2n) is 6.94. The van der Waals surface area contributed by atoms with Gasteiger partial charge in [-0.15, -0.1) is 0 Å². The Kier molecular flexibility index (Phi) is 5.07. The van der Waals surface area contributed by atoms with Crippen LogP contribution in [0.25, 0.3) is 10.8 Å². The van der Waals surface area contributed by atoms with Gasteiger partial charge in [0, 0.05) is 37.6 Å². The van der Waals surface area contributed by atoms with Gasteiger partial charge in [-0.2, -0.15) is 5.10 Å². The number of aryl methyl sites for hydroxylation is 1. The van der Waals surface area contributed by atoms with Crippen LogP contribution in [0.15, 0.2) is 54.9 Å². The van der Waals surface area contributed by atoms with E-state index in [0.717, 1.165) is 28.6 Å². The molecule has 0 saturated carbocycles. The van der Waals surface area contributed by atoms with Gasteiger partial charge in [0.2, 0.25) is 5.91 Å². The van der Waals surface area contributed by atoms with Crippen LogP contribution in [0.5, 0.6) is 5.75 Å². The summed E-state index contributed by atoms with van der Waals surface area (Å²) in [5.41, 5.74) is 1.11. The predicted octanol–water partition coefficient (Wildman–Crippen LogP) is 2.07. The van der Waals surface area contributed by atoms with E-state index in [2.05, 4.69) is 27.9 Å². The van der Waals surface area contributed by atoms with Crippen molar-refractivity contribution in [2.24, 2.45) is 13.0 Å². The molecule has 140 valence electrons. The number of nitrogens with zero attached hydrogens (tertiary/aromatic N) is 2. The molecule has 6 nitrogen and oxygen atoms in total. The molecule has 3 aromatic rings. The number of carbonyl (C=O) groups is 1. The summed E-state index contributed by atoms with van der Waals surface area (Å²) < 4.78 is 7.68. The van der Waals surface area contributed by atoms with Gasteiger partial charge >= 0.3 is 0 Å². The molecule has 1 aromatic heterocycles. The fraction of sp³-hybridized carbons (Fsp3) is 0.333. The first kappa shape index (κ1) is 17.5. The summed E-state index contributed by atoms with van der Waals surface area (Å²) in [7, 11) is 1.89. The molecule has 1 aliphatic heterocycles. The Labute approximate surface area is 158 Å². The predicted molar refractivity (Wildman–Crippen MR) is 105 cm³/mol. The third kappa shape index (κ3) is 3.80. The number of nitrogens with one attached hydrogen (secondary N) is 2. The summed E-state index contributed by atoms with van der Waals surface area (Å²) in [6.07, 6.45) is 3.84. The van der Waals surface area contributed by atoms with Crippen molar-refractivity contribution in [3.05, 3.63) is 60.4 Å². The first-order chi connectivity index (χ1) is 13.2. The first-order valence-electron chi connectivity index (χ1n) is 9.30. The molecule has 0 unspecified atom stereocenters. The van der Waals surface area contributed by atoms with E-state index in [1.165, 1.54) is 0 Å². The molecule has 2 heterocycles. The highest BCUT2D eigenvalue weighted by molar-refractivity contribution is 5.88. The lowest BCUT2D eigenvalue weighted by Gasteiger charge is -2.17. The van der Waals surface area contributed by atoms with Crippen LogP contribution in [0.4, 0.5) is 0 Å². The Morgan fingerprint density at radius 3 is 2.96 bits per heavy atom. The number of amides is 1. The van der Waals surface area contributed by atoms with Crippen LogP contribution in [0.1, 0.15) is 11.5 Å². The van der Waals surface area contributed by atoms with E-state index >= 15 is 0 Å². The Morgan fingerprint density at radius 2 is 2.11 bits per heavy atom. The Bertz CT molecular complexity index is 931. The third-order valence-corrected chi connectivity index (χ3v) is 5.11. The van der Waals surface area contributed by atoms with Gasteiger partial charge < -0.3 is 15.4 Å². The maximum atomic E-state index is 12.6. The maximum Gasteiger partial charge on any atom is 0.225 e. The summed E-state index contributed by atoms with van der Waals surface area (Å²) in [6.45, 7) is 2.42. The molecule has 2 atom stereocenters. The van der Waals surface area contributed by atoms with Crippen molar-refractivity contribution in [2.75, 3.05) is 26.2 Å². The van der Waals surface area contributed by atoms with Gasteiger partial charge in [0.25, 0.3) is 0 Å². The van der Waals surface area contributed by atoms with Gasteiger partial charge in [0.05, 0.1) is 18.7 Å². The first-order valence-corrected chi connectivity index (χ1v) is 9.30. The van der Waals surface area contributed by atoms with E-state index in [0.29, 0.717) is 19.7 Å². The van der Waals surface area contributed by atoms with E-state index in [1.807, 2.05) is 49.8 Å². The molecule has 1 aliphatic rings. The molecular formula is C21H24N4O2. The van der Waals surface area contributed by atoms with Gasteiger partial charge in [-0.1, -0.05) is 36.4 Å².